The van der Waals surface area contributed by atoms with Crippen LogP contribution in [0.2, 0.25) is 0 Å². The molecule has 0 unspecified atom stereocenters. The average molecular weight is 326 g/mol. The van der Waals surface area contributed by atoms with Crippen LogP contribution in [0.4, 0.5) is 5.69 Å². The fourth-order valence-corrected chi connectivity index (χ4v) is 2.68. The molecule has 1 heterocycles. The Morgan fingerprint density at radius 2 is 1.96 bits per heavy atom. The maximum atomic E-state index is 12.3. The zero-order valence-electron chi connectivity index (χ0n) is 12.4. The first kappa shape index (κ1) is 15.2. The topological polar surface area (TPSA) is 68.3 Å². The number of carbonyl (C=O) groups excluding carboxylic acids is 2. The zero-order chi connectivity index (χ0) is 16.2. The summed E-state index contributed by atoms with van der Waals surface area (Å²) in [7, 11) is 0. The predicted octanol–water partition coefficient (Wildman–Crippen LogP) is 3.48. The minimum atomic E-state index is -0.914. The maximum absolute atomic E-state index is 12.3. The van der Waals surface area contributed by atoms with Crippen molar-refractivity contribution in [3.8, 4) is 0 Å². The summed E-state index contributed by atoms with van der Waals surface area (Å²) in [4.78, 5) is 27.9. The number of benzene rings is 2. The van der Waals surface area contributed by atoms with Crippen LogP contribution in [0.3, 0.4) is 0 Å². The van der Waals surface area contributed by atoms with Crippen LogP contribution in [-0.4, -0.2) is 23.0 Å². The molecule has 1 atom stereocenters. The molecule has 1 amide bonds. The number of esters is 1. The summed E-state index contributed by atoms with van der Waals surface area (Å²) < 4.78 is 5.13. The van der Waals surface area contributed by atoms with Crippen molar-refractivity contribution in [3.05, 3.63) is 59.0 Å². The van der Waals surface area contributed by atoms with Gasteiger partial charge in [0.25, 0.3) is 5.91 Å². The number of nitrogens with zero attached hydrogens (tertiary/aromatic N) is 1. The fourth-order valence-electron chi connectivity index (χ4n) is 2.16. The van der Waals surface area contributed by atoms with Gasteiger partial charge in [-0.05, 0) is 18.4 Å². The lowest BCUT2D eigenvalue weighted by Crippen LogP contribution is -2.30. The van der Waals surface area contributed by atoms with Crippen molar-refractivity contribution in [2.45, 2.75) is 13.0 Å². The molecule has 2 aromatic carbocycles. The van der Waals surface area contributed by atoms with E-state index in [1.165, 1.54) is 23.8 Å². The minimum absolute atomic E-state index is 0.208. The summed E-state index contributed by atoms with van der Waals surface area (Å²) in [6.07, 6.45) is -0.914. The molecule has 0 aliphatic carbocycles. The Bertz CT molecular complexity index is 841. The Hall–Kier alpha value is -2.73. The highest BCUT2D eigenvalue weighted by atomic mass is 32.1. The Balaban J connectivity index is 1.72. The second-order valence-electron chi connectivity index (χ2n) is 4.94. The number of hydrogen-bond acceptors (Lipinski definition) is 5. The lowest BCUT2D eigenvalue weighted by Gasteiger charge is -2.14. The lowest BCUT2D eigenvalue weighted by atomic mass is 10.1. The normalized spacial score (nSPS) is 11.9. The van der Waals surface area contributed by atoms with Crippen LogP contribution in [0, 0.1) is 0 Å². The molecule has 3 rings (SSSR count). The molecule has 0 aliphatic heterocycles. The van der Waals surface area contributed by atoms with E-state index in [4.69, 9.17) is 4.74 Å². The van der Waals surface area contributed by atoms with Gasteiger partial charge >= 0.3 is 5.97 Å². The summed E-state index contributed by atoms with van der Waals surface area (Å²) >= 11 is 1.29. The van der Waals surface area contributed by atoms with Crippen molar-refractivity contribution in [1.82, 2.24) is 4.98 Å². The molecule has 23 heavy (non-hydrogen) atoms. The summed E-state index contributed by atoms with van der Waals surface area (Å²) in [6.45, 7) is 1.53. The van der Waals surface area contributed by atoms with Gasteiger partial charge in [0, 0.05) is 16.5 Å². The molecule has 0 aliphatic rings. The molecule has 1 N–H and O–H groups in total. The SMILES string of the molecule is C[C@H](OC(=O)c1cscn1)C(=O)Nc1cccc2ccccc12. The number of thiazole rings is 1. The first-order chi connectivity index (χ1) is 11.1. The summed E-state index contributed by atoms with van der Waals surface area (Å²) in [5.41, 5.74) is 2.43. The van der Waals surface area contributed by atoms with Gasteiger partial charge in [0.2, 0.25) is 0 Å². The standard InChI is InChI=1S/C17H14N2O3S/c1-11(22-17(21)15-9-23-10-18-15)16(20)19-14-8-4-6-12-5-2-3-7-13(12)14/h2-11H,1H3,(H,19,20)/t11-/m0/s1. The van der Waals surface area contributed by atoms with Gasteiger partial charge in [-0.25, -0.2) is 9.78 Å². The largest absolute Gasteiger partial charge is 0.448 e. The van der Waals surface area contributed by atoms with Gasteiger partial charge in [0.05, 0.1) is 5.51 Å². The second kappa shape index (κ2) is 6.58. The molecule has 1 aromatic heterocycles. The lowest BCUT2D eigenvalue weighted by molar-refractivity contribution is -0.123. The second-order valence-corrected chi connectivity index (χ2v) is 5.66. The number of rotatable bonds is 4. The quantitative estimate of drug-likeness (QED) is 0.745. The number of ether oxygens (including phenoxy) is 1. The summed E-state index contributed by atoms with van der Waals surface area (Å²) in [5, 5.41) is 6.34. The van der Waals surface area contributed by atoms with E-state index in [-0.39, 0.29) is 11.6 Å². The van der Waals surface area contributed by atoms with Crippen LogP contribution in [0.15, 0.2) is 53.4 Å². The minimum Gasteiger partial charge on any atom is -0.448 e. The number of fused-ring (bicyclic) bond motifs is 1. The van der Waals surface area contributed by atoms with Crippen molar-refractivity contribution >= 4 is 39.7 Å². The van der Waals surface area contributed by atoms with Gasteiger partial charge in [-0.1, -0.05) is 36.4 Å². The Kier molecular flexibility index (Phi) is 4.34. The van der Waals surface area contributed by atoms with Crippen LogP contribution < -0.4 is 5.32 Å². The van der Waals surface area contributed by atoms with Gasteiger partial charge in [0.1, 0.15) is 0 Å². The fraction of sp³-hybridized carbons (Fsp3) is 0.118. The zero-order valence-corrected chi connectivity index (χ0v) is 13.2. The molecule has 3 aromatic rings. The number of amides is 1. The van der Waals surface area contributed by atoms with Gasteiger partial charge in [-0.15, -0.1) is 11.3 Å². The first-order valence-corrected chi connectivity index (χ1v) is 7.97. The number of aromatic nitrogens is 1. The van der Waals surface area contributed by atoms with E-state index in [1.807, 2.05) is 42.5 Å². The summed E-state index contributed by atoms with van der Waals surface area (Å²) in [5.74, 6) is -0.989. The van der Waals surface area contributed by atoms with E-state index in [2.05, 4.69) is 10.3 Å². The first-order valence-electron chi connectivity index (χ1n) is 7.03. The van der Waals surface area contributed by atoms with E-state index < -0.39 is 12.1 Å². The molecule has 6 heteroatoms. The van der Waals surface area contributed by atoms with E-state index in [9.17, 15) is 9.59 Å². The highest BCUT2D eigenvalue weighted by Gasteiger charge is 2.20. The third-order valence-corrected chi connectivity index (χ3v) is 3.93. The van der Waals surface area contributed by atoms with Crippen molar-refractivity contribution in [1.29, 1.82) is 0 Å². The molecule has 0 radical (unpaired) electrons. The highest BCUT2D eigenvalue weighted by Crippen LogP contribution is 2.23. The monoisotopic (exact) mass is 326 g/mol. The molecule has 0 spiro atoms. The predicted molar refractivity (Wildman–Crippen MR) is 89.6 cm³/mol. The van der Waals surface area contributed by atoms with Gasteiger partial charge in [-0.2, -0.15) is 0 Å². The van der Waals surface area contributed by atoms with Crippen LogP contribution in [0.25, 0.3) is 10.8 Å². The molecule has 0 saturated carbocycles. The average Bonchev–Trinajstić information content (AvgIpc) is 3.09. The van der Waals surface area contributed by atoms with E-state index in [0.717, 1.165) is 10.8 Å². The Morgan fingerprint density at radius 1 is 1.17 bits per heavy atom. The number of hydrogen-bond donors (Lipinski definition) is 1. The van der Waals surface area contributed by atoms with Crippen LogP contribution in [0.5, 0.6) is 0 Å². The molecular formula is C17H14N2O3S. The molecule has 0 bridgehead atoms. The Morgan fingerprint density at radius 3 is 2.74 bits per heavy atom. The van der Waals surface area contributed by atoms with E-state index in [1.54, 1.807) is 5.38 Å². The third-order valence-electron chi connectivity index (χ3n) is 3.34. The van der Waals surface area contributed by atoms with Crippen LogP contribution >= 0.6 is 11.3 Å². The molecular weight excluding hydrogens is 312 g/mol. The van der Waals surface area contributed by atoms with Gasteiger partial charge in [0.15, 0.2) is 11.8 Å². The Labute approximate surface area is 136 Å². The molecule has 0 fully saturated rings. The smallest absolute Gasteiger partial charge is 0.358 e. The molecule has 116 valence electrons. The summed E-state index contributed by atoms with van der Waals surface area (Å²) in [6, 6.07) is 13.4. The van der Waals surface area contributed by atoms with E-state index >= 15 is 0 Å². The van der Waals surface area contributed by atoms with Crippen molar-refractivity contribution in [3.63, 3.8) is 0 Å². The number of carbonyl (C=O) groups is 2. The number of anilines is 1. The molecule has 5 nitrogen and oxygen atoms in total. The van der Waals surface area contributed by atoms with Crippen molar-refractivity contribution < 1.29 is 14.3 Å². The van der Waals surface area contributed by atoms with Gasteiger partial charge in [-0.3, -0.25) is 4.79 Å². The van der Waals surface area contributed by atoms with Crippen molar-refractivity contribution in [2.24, 2.45) is 0 Å². The maximum Gasteiger partial charge on any atom is 0.358 e. The van der Waals surface area contributed by atoms with Crippen molar-refractivity contribution in [2.75, 3.05) is 5.32 Å². The highest BCUT2D eigenvalue weighted by molar-refractivity contribution is 7.07. The van der Waals surface area contributed by atoms with Crippen LogP contribution in [-0.2, 0) is 9.53 Å². The van der Waals surface area contributed by atoms with E-state index in [0.29, 0.717) is 5.69 Å². The number of nitrogens with one attached hydrogen (secondary N) is 1. The molecule has 0 saturated heterocycles. The van der Waals surface area contributed by atoms with Crippen LogP contribution in [0.1, 0.15) is 17.4 Å². The third kappa shape index (κ3) is 3.37. The van der Waals surface area contributed by atoms with Gasteiger partial charge < -0.3 is 10.1 Å².